The van der Waals surface area contributed by atoms with E-state index in [1.807, 2.05) is 24.3 Å². The molecule has 0 aliphatic heterocycles. The number of nitrogens with zero attached hydrogens (tertiary/aromatic N) is 1. The minimum Gasteiger partial charge on any atom is -0.481 e. The van der Waals surface area contributed by atoms with E-state index in [1.165, 1.54) is 5.56 Å². The van der Waals surface area contributed by atoms with Crippen LogP contribution in [0, 0.1) is 0 Å². The van der Waals surface area contributed by atoms with Gasteiger partial charge in [-0.05, 0) is 65.5 Å². The summed E-state index contributed by atoms with van der Waals surface area (Å²) in [7, 11) is 1.66. The molecular formula is C17H12Br3NO. The van der Waals surface area contributed by atoms with E-state index in [0.717, 1.165) is 36.3 Å². The first-order valence-corrected chi connectivity index (χ1v) is 9.03. The lowest BCUT2D eigenvalue weighted by atomic mass is 10.0. The first-order chi connectivity index (χ1) is 10.6. The van der Waals surface area contributed by atoms with Gasteiger partial charge >= 0.3 is 0 Å². The van der Waals surface area contributed by atoms with Gasteiger partial charge in [-0.1, -0.05) is 30.3 Å². The van der Waals surface area contributed by atoms with Crippen LogP contribution >= 0.6 is 47.8 Å². The van der Waals surface area contributed by atoms with E-state index in [-0.39, 0.29) is 0 Å². The maximum Gasteiger partial charge on any atom is 0.217 e. The maximum atomic E-state index is 5.49. The van der Waals surface area contributed by atoms with Gasteiger partial charge in [-0.2, -0.15) is 0 Å². The van der Waals surface area contributed by atoms with Crippen molar-refractivity contribution < 1.29 is 4.74 Å². The van der Waals surface area contributed by atoms with Crippen LogP contribution in [0.3, 0.4) is 0 Å². The van der Waals surface area contributed by atoms with Gasteiger partial charge in [0.25, 0.3) is 0 Å². The number of ether oxygens (including phenoxy) is 1. The topological polar surface area (TPSA) is 22.1 Å². The predicted octanol–water partition coefficient (Wildman–Crippen LogP) is 6.12. The third-order valence-corrected chi connectivity index (χ3v) is 6.03. The summed E-state index contributed by atoms with van der Waals surface area (Å²) in [5, 5.41) is 1.05. The molecule has 1 heterocycles. The highest BCUT2D eigenvalue weighted by molar-refractivity contribution is 9.13. The summed E-state index contributed by atoms with van der Waals surface area (Å²) in [5.74, 6) is 0.659. The van der Waals surface area contributed by atoms with E-state index in [2.05, 4.69) is 71.0 Å². The van der Waals surface area contributed by atoms with Crippen LogP contribution in [0.25, 0.3) is 10.9 Å². The van der Waals surface area contributed by atoms with Crippen molar-refractivity contribution in [3.05, 3.63) is 67.0 Å². The zero-order chi connectivity index (χ0) is 15.7. The molecular weight excluding hydrogens is 474 g/mol. The third-order valence-electron chi connectivity index (χ3n) is 3.42. The highest BCUT2D eigenvalue weighted by atomic mass is 79.9. The Hall–Kier alpha value is -0.910. The number of aromatic nitrogens is 1. The third kappa shape index (κ3) is 3.07. The molecule has 0 saturated heterocycles. The molecule has 0 amide bonds. The van der Waals surface area contributed by atoms with E-state index in [4.69, 9.17) is 4.74 Å². The van der Waals surface area contributed by atoms with Crippen molar-refractivity contribution in [2.24, 2.45) is 0 Å². The fourth-order valence-corrected chi connectivity index (χ4v) is 4.08. The number of pyridine rings is 1. The van der Waals surface area contributed by atoms with Crippen molar-refractivity contribution in [1.29, 1.82) is 0 Å². The highest BCUT2D eigenvalue weighted by Crippen LogP contribution is 2.38. The van der Waals surface area contributed by atoms with Crippen LogP contribution in [0.2, 0.25) is 0 Å². The fraction of sp³-hybridized carbons (Fsp3) is 0.118. The summed E-state index contributed by atoms with van der Waals surface area (Å²) < 4.78 is 8.41. The summed E-state index contributed by atoms with van der Waals surface area (Å²) in [4.78, 5) is 4.67. The summed E-state index contributed by atoms with van der Waals surface area (Å²) in [6.07, 6.45) is 0.781. The first-order valence-electron chi connectivity index (χ1n) is 6.65. The highest BCUT2D eigenvalue weighted by Gasteiger charge is 2.14. The van der Waals surface area contributed by atoms with Crippen LogP contribution in [0.15, 0.2) is 55.9 Å². The number of rotatable bonds is 3. The number of benzene rings is 2. The molecule has 0 atom stereocenters. The van der Waals surface area contributed by atoms with Gasteiger partial charge < -0.3 is 4.74 Å². The Morgan fingerprint density at radius 2 is 1.73 bits per heavy atom. The van der Waals surface area contributed by atoms with Gasteiger partial charge in [0.15, 0.2) is 0 Å². The van der Waals surface area contributed by atoms with Crippen molar-refractivity contribution in [3.63, 3.8) is 0 Å². The monoisotopic (exact) mass is 483 g/mol. The largest absolute Gasteiger partial charge is 0.481 e. The maximum absolute atomic E-state index is 5.49. The summed E-state index contributed by atoms with van der Waals surface area (Å²) >= 11 is 10.8. The van der Waals surface area contributed by atoms with Crippen LogP contribution in [0.5, 0.6) is 5.88 Å². The Balaban J connectivity index is 2.19. The molecule has 0 spiro atoms. The average Bonchev–Trinajstić information content (AvgIpc) is 2.53. The smallest absolute Gasteiger partial charge is 0.217 e. The van der Waals surface area contributed by atoms with E-state index < -0.39 is 0 Å². The minimum absolute atomic E-state index is 0.659. The lowest BCUT2D eigenvalue weighted by Gasteiger charge is -2.12. The second kappa shape index (κ2) is 6.69. The van der Waals surface area contributed by atoms with Crippen LogP contribution in [-0.4, -0.2) is 12.1 Å². The Morgan fingerprint density at radius 1 is 1.00 bits per heavy atom. The molecule has 0 aliphatic rings. The van der Waals surface area contributed by atoms with Crippen molar-refractivity contribution in [2.45, 2.75) is 6.42 Å². The van der Waals surface area contributed by atoms with Crippen LogP contribution in [0.4, 0.5) is 0 Å². The molecule has 1 aromatic heterocycles. The minimum atomic E-state index is 0.659. The molecule has 5 heteroatoms. The first kappa shape index (κ1) is 16.0. The van der Waals surface area contributed by atoms with Gasteiger partial charge in [-0.15, -0.1) is 0 Å². The molecule has 3 rings (SSSR count). The Labute approximate surface area is 154 Å². The lowest BCUT2D eigenvalue weighted by Crippen LogP contribution is -1.98. The standard InChI is InChI=1S/C17H12Br3NO/c1-22-17-11(7-10-5-3-2-4-6-10)8-12-15(20)13(18)9-14(19)16(12)21-17/h2-6,8-9H,7H2,1H3. The number of hydrogen-bond acceptors (Lipinski definition) is 2. The molecule has 0 radical (unpaired) electrons. The number of halogens is 3. The number of methoxy groups -OCH3 is 1. The number of fused-ring (bicyclic) bond motifs is 1. The van der Waals surface area contributed by atoms with Crippen molar-refractivity contribution in [1.82, 2.24) is 4.98 Å². The summed E-state index contributed by atoms with van der Waals surface area (Å²) in [6, 6.07) is 14.4. The molecule has 0 aliphatic carbocycles. The van der Waals surface area contributed by atoms with Gasteiger partial charge in [0, 0.05) is 30.8 Å². The van der Waals surface area contributed by atoms with Crippen molar-refractivity contribution in [2.75, 3.05) is 7.11 Å². The SMILES string of the molecule is COc1nc2c(Br)cc(Br)c(Br)c2cc1Cc1ccccc1. The molecule has 3 aromatic rings. The molecule has 0 unspecified atom stereocenters. The van der Waals surface area contributed by atoms with Gasteiger partial charge in [0.2, 0.25) is 5.88 Å². The second-order valence-corrected chi connectivity index (χ2v) is 7.37. The quantitative estimate of drug-likeness (QED) is 0.417. The van der Waals surface area contributed by atoms with Crippen molar-refractivity contribution >= 4 is 58.7 Å². The predicted molar refractivity (Wildman–Crippen MR) is 101 cm³/mol. The summed E-state index contributed by atoms with van der Waals surface area (Å²) in [5.41, 5.74) is 3.17. The second-order valence-electron chi connectivity index (χ2n) is 4.87. The molecule has 2 aromatic carbocycles. The zero-order valence-corrected chi connectivity index (χ0v) is 16.5. The Bertz CT molecular complexity index is 834. The molecule has 0 bridgehead atoms. The fourth-order valence-electron chi connectivity index (χ4n) is 2.38. The van der Waals surface area contributed by atoms with Crippen LogP contribution in [-0.2, 0) is 6.42 Å². The molecule has 112 valence electrons. The van der Waals surface area contributed by atoms with Crippen molar-refractivity contribution in [3.8, 4) is 5.88 Å². The Kier molecular flexibility index (Phi) is 4.85. The molecule has 0 saturated carbocycles. The van der Waals surface area contributed by atoms with Crippen LogP contribution in [0.1, 0.15) is 11.1 Å². The average molecular weight is 486 g/mol. The van der Waals surface area contributed by atoms with Gasteiger partial charge in [-0.3, -0.25) is 0 Å². The number of hydrogen-bond donors (Lipinski definition) is 0. The Morgan fingerprint density at radius 3 is 2.41 bits per heavy atom. The van der Waals surface area contributed by atoms with Crippen LogP contribution < -0.4 is 4.74 Å². The zero-order valence-electron chi connectivity index (χ0n) is 11.7. The van der Waals surface area contributed by atoms with E-state index in [9.17, 15) is 0 Å². The molecule has 22 heavy (non-hydrogen) atoms. The van der Waals surface area contributed by atoms with E-state index in [1.54, 1.807) is 7.11 Å². The normalized spacial score (nSPS) is 10.9. The van der Waals surface area contributed by atoms with Gasteiger partial charge in [-0.25, -0.2) is 4.98 Å². The molecule has 0 N–H and O–H groups in total. The van der Waals surface area contributed by atoms with E-state index >= 15 is 0 Å². The lowest BCUT2D eigenvalue weighted by molar-refractivity contribution is 0.395. The van der Waals surface area contributed by atoms with Gasteiger partial charge in [0.1, 0.15) is 0 Å². The summed E-state index contributed by atoms with van der Waals surface area (Å²) in [6.45, 7) is 0. The van der Waals surface area contributed by atoms with E-state index in [0.29, 0.717) is 5.88 Å². The molecule has 0 fully saturated rings. The van der Waals surface area contributed by atoms with Gasteiger partial charge in [0.05, 0.1) is 12.6 Å². The molecule has 2 nitrogen and oxygen atoms in total.